The van der Waals surface area contributed by atoms with Crippen molar-refractivity contribution >= 4 is 5.78 Å². The van der Waals surface area contributed by atoms with Gasteiger partial charge >= 0.3 is 0 Å². The van der Waals surface area contributed by atoms with Crippen LogP contribution in [0.15, 0.2) is 0 Å². The first kappa shape index (κ1) is 7.73. The van der Waals surface area contributed by atoms with E-state index in [1.54, 1.807) is 0 Å². The largest absolute Gasteiger partial charge is 0.314 e. The molecule has 2 heteroatoms. The molecule has 2 nitrogen and oxygen atoms in total. The van der Waals surface area contributed by atoms with Crippen LogP contribution in [0.2, 0.25) is 0 Å². The summed E-state index contributed by atoms with van der Waals surface area (Å²) < 4.78 is 0. The summed E-state index contributed by atoms with van der Waals surface area (Å²) in [5.74, 6) is 0.428. The Morgan fingerprint density at radius 2 is 2.50 bits per heavy atom. The Balaban J connectivity index is 2.38. The van der Waals surface area contributed by atoms with Crippen LogP contribution < -0.4 is 5.32 Å². The SMILES string of the molecule is CCC1CC(=O)CCCN1. The van der Waals surface area contributed by atoms with Crippen LogP contribution in [0.1, 0.15) is 32.6 Å². The zero-order chi connectivity index (χ0) is 7.40. The maximum absolute atomic E-state index is 11.0. The Morgan fingerprint density at radius 1 is 1.70 bits per heavy atom. The van der Waals surface area contributed by atoms with E-state index in [-0.39, 0.29) is 0 Å². The summed E-state index contributed by atoms with van der Waals surface area (Å²) in [7, 11) is 0. The van der Waals surface area contributed by atoms with E-state index in [4.69, 9.17) is 0 Å². The minimum Gasteiger partial charge on any atom is -0.314 e. The first-order chi connectivity index (χ1) is 4.83. The summed E-state index contributed by atoms with van der Waals surface area (Å²) in [6, 6.07) is 0.454. The van der Waals surface area contributed by atoms with Gasteiger partial charge in [-0.2, -0.15) is 0 Å². The molecular weight excluding hydrogens is 126 g/mol. The molecule has 1 N–H and O–H groups in total. The summed E-state index contributed by atoms with van der Waals surface area (Å²) in [5.41, 5.74) is 0. The Bertz CT molecular complexity index is 122. The van der Waals surface area contributed by atoms with Gasteiger partial charge in [0.2, 0.25) is 0 Å². The minimum absolute atomic E-state index is 0.428. The van der Waals surface area contributed by atoms with Gasteiger partial charge in [0.15, 0.2) is 0 Å². The highest BCUT2D eigenvalue weighted by molar-refractivity contribution is 5.79. The average Bonchev–Trinajstić information content (AvgIpc) is 2.13. The molecule has 10 heavy (non-hydrogen) atoms. The van der Waals surface area contributed by atoms with Crippen LogP contribution in [0.25, 0.3) is 0 Å². The van der Waals surface area contributed by atoms with Gasteiger partial charge in [0.1, 0.15) is 5.78 Å². The summed E-state index contributed by atoms with van der Waals surface area (Å²) in [6.07, 6.45) is 3.63. The van der Waals surface area contributed by atoms with Gasteiger partial charge in [-0.3, -0.25) is 4.79 Å². The number of rotatable bonds is 1. The van der Waals surface area contributed by atoms with Crippen molar-refractivity contribution in [2.24, 2.45) is 0 Å². The Hall–Kier alpha value is -0.370. The molecule has 1 atom stereocenters. The van der Waals surface area contributed by atoms with Crippen molar-refractivity contribution in [3.63, 3.8) is 0 Å². The highest BCUT2D eigenvalue weighted by Crippen LogP contribution is 2.06. The third-order valence-corrected chi connectivity index (χ3v) is 2.03. The number of carbonyl (C=O) groups is 1. The molecule has 0 spiro atoms. The second-order valence-corrected chi connectivity index (χ2v) is 2.91. The summed E-state index contributed by atoms with van der Waals surface area (Å²) in [4.78, 5) is 11.0. The summed E-state index contributed by atoms with van der Waals surface area (Å²) in [5, 5.41) is 3.34. The molecule has 0 aliphatic carbocycles. The van der Waals surface area contributed by atoms with Crippen LogP contribution >= 0.6 is 0 Å². The highest BCUT2D eigenvalue weighted by Gasteiger charge is 2.14. The topological polar surface area (TPSA) is 29.1 Å². The van der Waals surface area contributed by atoms with Crippen molar-refractivity contribution in [1.29, 1.82) is 0 Å². The lowest BCUT2D eigenvalue weighted by Gasteiger charge is -2.10. The van der Waals surface area contributed by atoms with Gasteiger partial charge in [-0.05, 0) is 19.4 Å². The smallest absolute Gasteiger partial charge is 0.134 e. The van der Waals surface area contributed by atoms with Crippen LogP contribution in [0.5, 0.6) is 0 Å². The van der Waals surface area contributed by atoms with E-state index in [2.05, 4.69) is 12.2 Å². The van der Waals surface area contributed by atoms with Gasteiger partial charge in [0.25, 0.3) is 0 Å². The maximum atomic E-state index is 11.0. The molecule has 0 bridgehead atoms. The fourth-order valence-corrected chi connectivity index (χ4v) is 1.33. The lowest BCUT2D eigenvalue weighted by molar-refractivity contribution is -0.119. The molecule has 0 amide bonds. The van der Waals surface area contributed by atoms with E-state index in [0.717, 1.165) is 32.2 Å². The van der Waals surface area contributed by atoms with E-state index in [9.17, 15) is 4.79 Å². The summed E-state index contributed by atoms with van der Waals surface area (Å²) >= 11 is 0. The van der Waals surface area contributed by atoms with Crippen molar-refractivity contribution in [3.8, 4) is 0 Å². The molecule has 1 aliphatic rings. The van der Waals surface area contributed by atoms with E-state index >= 15 is 0 Å². The number of nitrogens with one attached hydrogen (secondary N) is 1. The van der Waals surface area contributed by atoms with Crippen LogP contribution in [0, 0.1) is 0 Å². The second-order valence-electron chi connectivity index (χ2n) is 2.91. The Labute approximate surface area is 62.0 Å². The van der Waals surface area contributed by atoms with Crippen LogP contribution in [0.4, 0.5) is 0 Å². The molecule has 0 aromatic heterocycles. The number of Topliss-reactive ketones (excluding diaryl/α,β-unsaturated/α-hetero) is 1. The second kappa shape index (κ2) is 3.71. The number of hydrogen-bond acceptors (Lipinski definition) is 2. The fraction of sp³-hybridized carbons (Fsp3) is 0.875. The molecule has 1 saturated heterocycles. The fourth-order valence-electron chi connectivity index (χ4n) is 1.33. The van der Waals surface area contributed by atoms with Gasteiger partial charge in [-0.1, -0.05) is 6.92 Å². The standard InChI is InChI=1S/C8H15NO/c1-2-7-6-8(10)4-3-5-9-7/h7,9H,2-6H2,1H3. The van der Waals surface area contributed by atoms with E-state index in [0.29, 0.717) is 11.8 Å². The first-order valence-corrected chi connectivity index (χ1v) is 4.08. The Kier molecular flexibility index (Phi) is 2.87. The minimum atomic E-state index is 0.428. The summed E-state index contributed by atoms with van der Waals surface area (Å²) in [6.45, 7) is 3.14. The molecule has 0 aromatic rings. The monoisotopic (exact) mass is 141 g/mol. The van der Waals surface area contributed by atoms with Gasteiger partial charge in [-0.15, -0.1) is 0 Å². The lowest BCUT2D eigenvalue weighted by atomic mass is 10.1. The predicted octanol–water partition coefficient (Wildman–Crippen LogP) is 1.11. The lowest BCUT2D eigenvalue weighted by Crippen LogP contribution is -2.28. The molecule has 58 valence electrons. The van der Waals surface area contributed by atoms with Crippen LogP contribution in [-0.2, 0) is 4.79 Å². The van der Waals surface area contributed by atoms with E-state index < -0.39 is 0 Å². The zero-order valence-electron chi connectivity index (χ0n) is 6.52. The third-order valence-electron chi connectivity index (χ3n) is 2.03. The maximum Gasteiger partial charge on any atom is 0.134 e. The first-order valence-electron chi connectivity index (χ1n) is 4.08. The Morgan fingerprint density at radius 3 is 3.20 bits per heavy atom. The quantitative estimate of drug-likeness (QED) is 0.592. The molecule has 1 aliphatic heterocycles. The van der Waals surface area contributed by atoms with E-state index in [1.165, 1.54) is 0 Å². The third kappa shape index (κ3) is 2.10. The predicted molar refractivity (Wildman–Crippen MR) is 40.9 cm³/mol. The molecule has 0 saturated carbocycles. The zero-order valence-corrected chi connectivity index (χ0v) is 6.52. The molecule has 1 rings (SSSR count). The van der Waals surface area contributed by atoms with Gasteiger partial charge < -0.3 is 5.32 Å². The molecule has 0 aromatic carbocycles. The highest BCUT2D eigenvalue weighted by atomic mass is 16.1. The van der Waals surface area contributed by atoms with Gasteiger partial charge in [-0.25, -0.2) is 0 Å². The molecule has 1 unspecified atom stereocenters. The van der Waals surface area contributed by atoms with E-state index in [1.807, 2.05) is 0 Å². The van der Waals surface area contributed by atoms with Crippen molar-refractivity contribution < 1.29 is 4.79 Å². The van der Waals surface area contributed by atoms with Gasteiger partial charge in [0, 0.05) is 18.9 Å². The van der Waals surface area contributed by atoms with Crippen molar-refractivity contribution in [2.75, 3.05) is 6.54 Å². The normalized spacial score (nSPS) is 28.1. The molecule has 0 radical (unpaired) electrons. The van der Waals surface area contributed by atoms with Crippen LogP contribution in [-0.4, -0.2) is 18.4 Å². The number of ketones is 1. The van der Waals surface area contributed by atoms with Crippen LogP contribution in [0.3, 0.4) is 0 Å². The van der Waals surface area contributed by atoms with Gasteiger partial charge in [0.05, 0.1) is 0 Å². The number of hydrogen-bond donors (Lipinski definition) is 1. The molecule has 1 heterocycles. The van der Waals surface area contributed by atoms with Crippen molar-refractivity contribution in [1.82, 2.24) is 5.32 Å². The van der Waals surface area contributed by atoms with Crippen molar-refractivity contribution in [2.45, 2.75) is 38.6 Å². The molecule has 1 fully saturated rings. The number of carbonyl (C=O) groups excluding carboxylic acids is 1. The molecular formula is C8H15NO. The average molecular weight is 141 g/mol. The van der Waals surface area contributed by atoms with Crippen molar-refractivity contribution in [3.05, 3.63) is 0 Å².